The number of hydrogen-bond acceptors (Lipinski definition) is 1. The van der Waals surface area contributed by atoms with Crippen LogP contribution >= 0.6 is 0 Å². The fourth-order valence-electron chi connectivity index (χ4n) is 2.87. The third-order valence-electron chi connectivity index (χ3n) is 4.25. The Balaban J connectivity index is 1.51. The van der Waals surface area contributed by atoms with Crippen LogP contribution in [0.4, 0.5) is 0 Å². The fraction of sp³-hybridized carbons (Fsp3) is 0.500. The summed E-state index contributed by atoms with van der Waals surface area (Å²) >= 11 is 0. The molecule has 2 nitrogen and oxygen atoms in total. The molecule has 2 saturated carbocycles. The van der Waals surface area contributed by atoms with Gasteiger partial charge in [-0.05, 0) is 42.7 Å². The van der Waals surface area contributed by atoms with E-state index in [0.717, 1.165) is 18.0 Å². The number of hydrogen-bond donors (Lipinski definition) is 1. The number of amides is 1. The van der Waals surface area contributed by atoms with Gasteiger partial charge in [-0.25, -0.2) is 0 Å². The Hall–Kier alpha value is -1.31. The molecule has 1 spiro atoms. The molecule has 1 atom stereocenters. The van der Waals surface area contributed by atoms with E-state index in [-0.39, 0.29) is 5.91 Å². The number of nitrogens with one attached hydrogen (secondary N) is 1. The molecule has 0 saturated heterocycles. The molecule has 3 rings (SSSR count). The number of carbonyl (C=O) groups excluding carboxylic acids is 1. The predicted molar refractivity (Wildman–Crippen MR) is 63.2 cm³/mol. The van der Waals surface area contributed by atoms with Crippen LogP contribution in [0, 0.1) is 11.3 Å². The van der Waals surface area contributed by atoms with Crippen molar-refractivity contribution in [1.82, 2.24) is 5.32 Å². The van der Waals surface area contributed by atoms with Crippen molar-refractivity contribution in [2.45, 2.75) is 25.7 Å². The Morgan fingerprint density at radius 1 is 1.31 bits per heavy atom. The third-order valence-corrected chi connectivity index (χ3v) is 4.25. The second-order valence-electron chi connectivity index (χ2n) is 5.19. The zero-order valence-corrected chi connectivity index (χ0v) is 9.41. The van der Waals surface area contributed by atoms with Crippen molar-refractivity contribution in [1.29, 1.82) is 0 Å². The van der Waals surface area contributed by atoms with Crippen LogP contribution in [-0.4, -0.2) is 12.5 Å². The van der Waals surface area contributed by atoms with Crippen LogP contribution in [0.25, 0.3) is 0 Å². The van der Waals surface area contributed by atoms with Gasteiger partial charge in [-0.1, -0.05) is 24.6 Å². The van der Waals surface area contributed by atoms with Gasteiger partial charge < -0.3 is 5.32 Å². The topological polar surface area (TPSA) is 29.1 Å². The first-order valence-electron chi connectivity index (χ1n) is 6.13. The maximum atomic E-state index is 11.8. The molecule has 2 aliphatic rings. The van der Waals surface area contributed by atoms with Crippen LogP contribution in [0.5, 0.6) is 0 Å². The maximum absolute atomic E-state index is 11.8. The minimum atomic E-state index is 0.0713. The molecule has 0 radical (unpaired) electrons. The van der Waals surface area contributed by atoms with Crippen LogP contribution in [0.2, 0.25) is 0 Å². The summed E-state index contributed by atoms with van der Waals surface area (Å²) in [6.07, 6.45) is 5.50. The van der Waals surface area contributed by atoms with Crippen molar-refractivity contribution in [3.05, 3.63) is 35.9 Å². The summed E-state index contributed by atoms with van der Waals surface area (Å²) < 4.78 is 0. The average Bonchev–Trinajstić information content (AvgIpc) is 3.02. The first-order valence-corrected chi connectivity index (χ1v) is 6.13. The lowest BCUT2D eigenvalue weighted by atomic mass is 9.80. The number of carbonyl (C=O) groups is 1. The van der Waals surface area contributed by atoms with Crippen LogP contribution < -0.4 is 5.32 Å². The van der Waals surface area contributed by atoms with Gasteiger partial charge in [0.25, 0.3) is 5.91 Å². The normalized spacial score (nSPS) is 24.9. The zero-order chi connectivity index (χ0) is 11.0. The number of benzene rings is 1. The Kier molecular flexibility index (Phi) is 2.23. The molecule has 1 N–H and O–H groups in total. The number of rotatable bonds is 3. The Morgan fingerprint density at radius 2 is 2.06 bits per heavy atom. The molecule has 0 bridgehead atoms. The van der Waals surface area contributed by atoms with Crippen molar-refractivity contribution in [2.75, 3.05) is 6.54 Å². The van der Waals surface area contributed by atoms with Crippen molar-refractivity contribution in [3.63, 3.8) is 0 Å². The minimum Gasteiger partial charge on any atom is -0.352 e. The lowest BCUT2D eigenvalue weighted by Gasteiger charge is -2.26. The lowest BCUT2D eigenvalue weighted by molar-refractivity contribution is 0.0948. The minimum absolute atomic E-state index is 0.0713. The SMILES string of the molecule is O=C(NCC1CC12CCC2)c1ccccc1. The molecule has 1 unspecified atom stereocenters. The molecule has 84 valence electrons. The lowest BCUT2D eigenvalue weighted by Crippen LogP contribution is -2.28. The molecule has 0 aromatic heterocycles. The van der Waals surface area contributed by atoms with E-state index in [0.29, 0.717) is 5.41 Å². The van der Waals surface area contributed by atoms with E-state index in [1.807, 2.05) is 30.3 Å². The second kappa shape index (κ2) is 3.62. The predicted octanol–water partition coefficient (Wildman–Crippen LogP) is 2.61. The standard InChI is InChI=1S/C14H17NO/c16-13(11-5-2-1-3-6-11)15-10-12-9-14(12)7-4-8-14/h1-3,5-6,12H,4,7-10H2,(H,15,16). The van der Waals surface area contributed by atoms with Gasteiger partial charge in [-0.3, -0.25) is 4.79 Å². The maximum Gasteiger partial charge on any atom is 0.251 e. The highest BCUT2D eigenvalue weighted by Gasteiger charge is 2.56. The largest absolute Gasteiger partial charge is 0.352 e. The van der Waals surface area contributed by atoms with E-state index in [9.17, 15) is 4.79 Å². The Morgan fingerprint density at radius 3 is 2.62 bits per heavy atom. The molecule has 1 aromatic rings. The molecule has 2 heteroatoms. The van der Waals surface area contributed by atoms with Crippen molar-refractivity contribution in [3.8, 4) is 0 Å². The van der Waals surface area contributed by atoms with E-state index < -0.39 is 0 Å². The smallest absolute Gasteiger partial charge is 0.251 e. The first-order chi connectivity index (χ1) is 7.80. The summed E-state index contributed by atoms with van der Waals surface area (Å²) in [6, 6.07) is 9.46. The summed E-state index contributed by atoms with van der Waals surface area (Å²) in [6.45, 7) is 0.869. The second-order valence-corrected chi connectivity index (χ2v) is 5.19. The highest BCUT2D eigenvalue weighted by molar-refractivity contribution is 5.94. The molecule has 0 heterocycles. The van der Waals surface area contributed by atoms with Crippen LogP contribution in [0.15, 0.2) is 30.3 Å². The van der Waals surface area contributed by atoms with Crippen LogP contribution in [0.1, 0.15) is 36.0 Å². The molecule has 16 heavy (non-hydrogen) atoms. The fourth-order valence-corrected chi connectivity index (χ4v) is 2.87. The van der Waals surface area contributed by atoms with Gasteiger partial charge in [0.1, 0.15) is 0 Å². The summed E-state index contributed by atoms with van der Waals surface area (Å²) in [7, 11) is 0. The zero-order valence-electron chi connectivity index (χ0n) is 9.41. The van der Waals surface area contributed by atoms with Crippen molar-refractivity contribution in [2.24, 2.45) is 11.3 Å². The van der Waals surface area contributed by atoms with Crippen molar-refractivity contribution >= 4 is 5.91 Å². The monoisotopic (exact) mass is 215 g/mol. The third kappa shape index (κ3) is 1.62. The van der Waals surface area contributed by atoms with Crippen LogP contribution in [-0.2, 0) is 0 Å². The average molecular weight is 215 g/mol. The van der Waals surface area contributed by atoms with Gasteiger partial charge in [0.15, 0.2) is 0 Å². The van der Waals surface area contributed by atoms with E-state index in [1.165, 1.54) is 25.7 Å². The van der Waals surface area contributed by atoms with Gasteiger partial charge in [-0.15, -0.1) is 0 Å². The molecule has 2 fully saturated rings. The summed E-state index contributed by atoms with van der Waals surface area (Å²) in [5.41, 5.74) is 1.43. The molecular formula is C14H17NO. The van der Waals surface area contributed by atoms with Crippen LogP contribution in [0.3, 0.4) is 0 Å². The van der Waals surface area contributed by atoms with Gasteiger partial charge in [0, 0.05) is 12.1 Å². The van der Waals surface area contributed by atoms with E-state index in [1.54, 1.807) is 0 Å². The van der Waals surface area contributed by atoms with Gasteiger partial charge in [0.05, 0.1) is 0 Å². The molecule has 2 aliphatic carbocycles. The van der Waals surface area contributed by atoms with E-state index in [4.69, 9.17) is 0 Å². The highest BCUT2D eigenvalue weighted by atomic mass is 16.1. The Labute approximate surface area is 96.1 Å². The van der Waals surface area contributed by atoms with E-state index in [2.05, 4.69) is 5.32 Å². The molecule has 1 amide bonds. The summed E-state index contributed by atoms with van der Waals surface area (Å²) in [5, 5.41) is 3.05. The van der Waals surface area contributed by atoms with Gasteiger partial charge in [-0.2, -0.15) is 0 Å². The first kappa shape index (κ1) is 9.88. The van der Waals surface area contributed by atoms with Gasteiger partial charge >= 0.3 is 0 Å². The molecule has 1 aromatic carbocycles. The van der Waals surface area contributed by atoms with Crippen molar-refractivity contribution < 1.29 is 4.79 Å². The summed E-state index contributed by atoms with van der Waals surface area (Å²) in [4.78, 5) is 11.8. The van der Waals surface area contributed by atoms with E-state index >= 15 is 0 Å². The quantitative estimate of drug-likeness (QED) is 0.825. The molecule has 0 aliphatic heterocycles. The van der Waals surface area contributed by atoms with Gasteiger partial charge in [0.2, 0.25) is 0 Å². The highest BCUT2D eigenvalue weighted by Crippen LogP contribution is 2.65. The summed E-state index contributed by atoms with van der Waals surface area (Å²) in [5.74, 6) is 0.830. The molecular weight excluding hydrogens is 198 g/mol. The Bertz CT molecular complexity index is 394.